The van der Waals surface area contributed by atoms with Crippen molar-refractivity contribution in [2.75, 3.05) is 0 Å². The predicted octanol–water partition coefficient (Wildman–Crippen LogP) is 2.16. The Balaban J connectivity index is 1.90. The zero-order valence-electron chi connectivity index (χ0n) is 10.4. The molecule has 1 fully saturated rings. The van der Waals surface area contributed by atoms with E-state index in [0.29, 0.717) is 12.3 Å². The number of phenols is 1. The number of aromatic hydroxyl groups is 1. The van der Waals surface area contributed by atoms with Gasteiger partial charge in [0.15, 0.2) is 0 Å². The Morgan fingerprint density at radius 2 is 2.24 bits per heavy atom. The van der Waals surface area contributed by atoms with Gasteiger partial charge in [0.05, 0.1) is 6.42 Å². The third-order valence-corrected chi connectivity index (χ3v) is 3.36. The molecule has 2 N–H and O–H groups in total. The number of carbonyl (C=O) groups is 1. The zero-order chi connectivity index (χ0) is 12.4. The van der Waals surface area contributed by atoms with Gasteiger partial charge in [0.25, 0.3) is 0 Å². The number of hydrogen-bond acceptors (Lipinski definition) is 2. The maximum Gasteiger partial charge on any atom is 0.224 e. The molecule has 0 aromatic heterocycles. The lowest BCUT2D eigenvalue weighted by molar-refractivity contribution is -0.121. The fraction of sp³-hybridized carbons (Fsp3) is 0.500. The van der Waals surface area contributed by atoms with Gasteiger partial charge in [-0.25, -0.2) is 0 Å². The SMILES string of the molecule is Cc1ccc(CC(=O)N[C@@H](C)C2CC2)cc1O. The van der Waals surface area contributed by atoms with Crippen molar-refractivity contribution in [3.63, 3.8) is 0 Å². The second-order valence-electron chi connectivity index (χ2n) is 4.99. The third kappa shape index (κ3) is 3.22. The van der Waals surface area contributed by atoms with Crippen molar-refractivity contribution in [1.29, 1.82) is 0 Å². The largest absolute Gasteiger partial charge is 0.508 e. The molecule has 92 valence electrons. The first-order valence-corrected chi connectivity index (χ1v) is 6.14. The summed E-state index contributed by atoms with van der Waals surface area (Å²) in [5, 5.41) is 12.6. The van der Waals surface area contributed by atoms with E-state index in [9.17, 15) is 9.90 Å². The molecule has 1 aromatic rings. The highest BCUT2D eigenvalue weighted by atomic mass is 16.3. The number of carbonyl (C=O) groups excluding carboxylic acids is 1. The summed E-state index contributed by atoms with van der Waals surface area (Å²) in [5.41, 5.74) is 1.69. The van der Waals surface area contributed by atoms with Crippen molar-refractivity contribution >= 4 is 5.91 Å². The number of hydrogen-bond donors (Lipinski definition) is 2. The number of nitrogens with one attached hydrogen (secondary N) is 1. The minimum absolute atomic E-state index is 0.0349. The third-order valence-electron chi connectivity index (χ3n) is 3.36. The Labute approximate surface area is 102 Å². The van der Waals surface area contributed by atoms with Crippen molar-refractivity contribution in [3.05, 3.63) is 29.3 Å². The highest BCUT2D eigenvalue weighted by Crippen LogP contribution is 2.32. The molecule has 1 atom stereocenters. The molecular weight excluding hydrogens is 214 g/mol. The molecule has 0 aliphatic heterocycles. The lowest BCUT2D eigenvalue weighted by Crippen LogP contribution is -2.35. The second kappa shape index (κ2) is 4.78. The lowest BCUT2D eigenvalue weighted by Gasteiger charge is -2.12. The van der Waals surface area contributed by atoms with Gasteiger partial charge in [-0.2, -0.15) is 0 Å². The van der Waals surface area contributed by atoms with E-state index in [1.807, 2.05) is 19.1 Å². The summed E-state index contributed by atoms with van der Waals surface area (Å²) in [6.07, 6.45) is 2.80. The van der Waals surface area contributed by atoms with E-state index in [1.165, 1.54) is 12.8 Å². The molecule has 17 heavy (non-hydrogen) atoms. The Morgan fingerprint density at radius 1 is 1.53 bits per heavy atom. The average Bonchev–Trinajstić information content (AvgIpc) is 3.06. The molecule has 1 amide bonds. The van der Waals surface area contributed by atoms with Gasteiger partial charge in [-0.05, 0) is 49.8 Å². The maximum atomic E-state index is 11.8. The van der Waals surface area contributed by atoms with Gasteiger partial charge < -0.3 is 10.4 Å². The van der Waals surface area contributed by atoms with Crippen LogP contribution in [0.4, 0.5) is 0 Å². The van der Waals surface area contributed by atoms with Crippen LogP contribution in [-0.4, -0.2) is 17.1 Å². The van der Waals surface area contributed by atoms with Crippen LogP contribution < -0.4 is 5.32 Å². The van der Waals surface area contributed by atoms with Gasteiger partial charge in [0, 0.05) is 6.04 Å². The Morgan fingerprint density at radius 3 is 2.82 bits per heavy atom. The van der Waals surface area contributed by atoms with Crippen molar-refractivity contribution < 1.29 is 9.90 Å². The Kier molecular flexibility index (Phi) is 3.36. The molecule has 1 aromatic carbocycles. The smallest absolute Gasteiger partial charge is 0.224 e. The molecule has 0 unspecified atom stereocenters. The van der Waals surface area contributed by atoms with E-state index in [-0.39, 0.29) is 17.7 Å². The monoisotopic (exact) mass is 233 g/mol. The van der Waals surface area contributed by atoms with Gasteiger partial charge in [-0.3, -0.25) is 4.79 Å². The molecule has 0 heterocycles. The van der Waals surface area contributed by atoms with Crippen molar-refractivity contribution in [3.8, 4) is 5.75 Å². The van der Waals surface area contributed by atoms with Crippen LogP contribution in [0.5, 0.6) is 5.75 Å². The zero-order valence-corrected chi connectivity index (χ0v) is 10.4. The van der Waals surface area contributed by atoms with Crippen molar-refractivity contribution in [1.82, 2.24) is 5.32 Å². The fourth-order valence-corrected chi connectivity index (χ4v) is 1.97. The van der Waals surface area contributed by atoms with Crippen molar-refractivity contribution in [2.45, 2.75) is 39.2 Å². The number of benzene rings is 1. The molecule has 1 aliphatic rings. The molecule has 0 saturated heterocycles. The summed E-state index contributed by atoms with van der Waals surface area (Å²) in [5.74, 6) is 0.962. The fourth-order valence-electron chi connectivity index (χ4n) is 1.97. The molecule has 0 radical (unpaired) electrons. The number of phenolic OH excluding ortho intramolecular Hbond substituents is 1. The van der Waals surface area contributed by atoms with Crippen LogP contribution in [0.3, 0.4) is 0 Å². The van der Waals surface area contributed by atoms with Gasteiger partial charge in [-0.1, -0.05) is 12.1 Å². The lowest BCUT2D eigenvalue weighted by atomic mass is 10.1. The van der Waals surface area contributed by atoms with Gasteiger partial charge in [0.2, 0.25) is 5.91 Å². The summed E-state index contributed by atoms with van der Waals surface area (Å²) in [6, 6.07) is 5.66. The summed E-state index contributed by atoms with van der Waals surface area (Å²) in [7, 11) is 0. The predicted molar refractivity (Wildman–Crippen MR) is 66.9 cm³/mol. The van der Waals surface area contributed by atoms with Crippen LogP contribution in [0, 0.1) is 12.8 Å². The van der Waals surface area contributed by atoms with E-state index in [0.717, 1.165) is 11.1 Å². The second-order valence-corrected chi connectivity index (χ2v) is 4.99. The molecule has 1 saturated carbocycles. The molecule has 0 bridgehead atoms. The number of amides is 1. The van der Waals surface area contributed by atoms with Gasteiger partial charge in [0.1, 0.15) is 5.75 Å². The summed E-state index contributed by atoms with van der Waals surface area (Å²) in [6.45, 7) is 3.90. The van der Waals surface area contributed by atoms with Crippen LogP contribution in [-0.2, 0) is 11.2 Å². The quantitative estimate of drug-likeness (QED) is 0.837. The molecule has 1 aliphatic carbocycles. The molecule has 3 heteroatoms. The number of aryl methyl sites for hydroxylation is 1. The average molecular weight is 233 g/mol. The van der Waals surface area contributed by atoms with Crippen LogP contribution >= 0.6 is 0 Å². The summed E-state index contributed by atoms with van der Waals surface area (Å²) >= 11 is 0. The Bertz CT molecular complexity index is 424. The van der Waals surface area contributed by atoms with Crippen molar-refractivity contribution in [2.24, 2.45) is 5.92 Å². The van der Waals surface area contributed by atoms with E-state index >= 15 is 0 Å². The van der Waals surface area contributed by atoms with Crippen LogP contribution in [0.25, 0.3) is 0 Å². The summed E-state index contributed by atoms with van der Waals surface area (Å²) < 4.78 is 0. The highest BCUT2D eigenvalue weighted by molar-refractivity contribution is 5.79. The minimum atomic E-state index is 0.0349. The molecule has 2 rings (SSSR count). The Hall–Kier alpha value is -1.51. The van der Waals surface area contributed by atoms with E-state index in [1.54, 1.807) is 6.07 Å². The van der Waals surface area contributed by atoms with E-state index < -0.39 is 0 Å². The van der Waals surface area contributed by atoms with Gasteiger partial charge in [-0.15, -0.1) is 0 Å². The maximum absolute atomic E-state index is 11.8. The standard InChI is InChI=1S/C14H19NO2/c1-9-3-4-11(7-13(9)16)8-14(17)15-10(2)12-5-6-12/h3-4,7,10,12,16H,5-6,8H2,1-2H3,(H,15,17)/t10-/m0/s1. The topological polar surface area (TPSA) is 49.3 Å². The number of rotatable bonds is 4. The molecule has 3 nitrogen and oxygen atoms in total. The first-order chi connectivity index (χ1) is 8.06. The highest BCUT2D eigenvalue weighted by Gasteiger charge is 2.28. The van der Waals surface area contributed by atoms with E-state index in [2.05, 4.69) is 12.2 Å². The first-order valence-electron chi connectivity index (χ1n) is 6.14. The van der Waals surface area contributed by atoms with Crippen LogP contribution in [0.15, 0.2) is 18.2 Å². The normalized spacial score (nSPS) is 16.6. The minimum Gasteiger partial charge on any atom is -0.508 e. The first kappa shape index (κ1) is 12.0. The van der Waals surface area contributed by atoms with Crippen LogP contribution in [0.1, 0.15) is 30.9 Å². The van der Waals surface area contributed by atoms with E-state index in [4.69, 9.17) is 0 Å². The molecular formula is C14H19NO2. The van der Waals surface area contributed by atoms with Gasteiger partial charge >= 0.3 is 0 Å². The summed E-state index contributed by atoms with van der Waals surface area (Å²) in [4.78, 5) is 11.8. The molecule has 0 spiro atoms. The van der Waals surface area contributed by atoms with Crippen LogP contribution in [0.2, 0.25) is 0 Å².